The van der Waals surface area contributed by atoms with Crippen LogP contribution < -0.4 is 10.1 Å². The van der Waals surface area contributed by atoms with Crippen LogP contribution in [0.2, 0.25) is 0 Å². The molecule has 3 rings (SSSR count). The molecule has 0 radical (unpaired) electrons. The van der Waals surface area contributed by atoms with Crippen molar-refractivity contribution in [2.45, 2.75) is 47.4 Å². The minimum absolute atomic E-state index is 0.0855. The normalized spacial score (nSPS) is 11.4. The number of nitrogens with one attached hydrogen (secondary N) is 1. The average Bonchev–Trinajstić information content (AvgIpc) is 3.02. The molecule has 0 spiro atoms. The zero-order chi connectivity index (χ0) is 19.6. The van der Waals surface area contributed by atoms with Gasteiger partial charge in [0.25, 0.3) is 0 Å². The number of benzene rings is 1. The Hall–Kier alpha value is -2.60. The van der Waals surface area contributed by atoms with Gasteiger partial charge in [-0.25, -0.2) is 9.97 Å². The van der Waals surface area contributed by atoms with Gasteiger partial charge < -0.3 is 19.7 Å². The number of rotatable bonds is 7. The van der Waals surface area contributed by atoms with Crippen molar-refractivity contribution in [3.63, 3.8) is 0 Å². The van der Waals surface area contributed by atoms with Crippen molar-refractivity contribution in [3.05, 3.63) is 46.9 Å². The number of nitrogens with zero attached hydrogens (tertiary/aromatic N) is 3. The Morgan fingerprint density at radius 1 is 1.15 bits per heavy atom. The monoisotopic (exact) mass is 368 g/mol. The number of methoxy groups -OCH3 is 1. The Kier molecular flexibility index (Phi) is 5.65. The molecule has 6 heteroatoms. The molecule has 2 aromatic heterocycles. The number of aryl methyl sites for hydroxylation is 2. The average molecular weight is 368 g/mol. The van der Waals surface area contributed by atoms with Crippen LogP contribution in [0.3, 0.4) is 0 Å². The lowest BCUT2D eigenvalue weighted by Crippen LogP contribution is -2.10. The highest BCUT2D eigenvalue weighted by Crippen LogP contribution is 2.29. The molecule has 6 nitrogen and oxygen atoms in total. The van der Waals surface area contributed by atoms with E-state index in [1.165, 1.54) is 0 Å². The molecule has 0 saturated heterocycles. The van der Waals surface area contributed by atoms with Gasteiger partial charge in [0.05, 0.1) is 12.6 Å². The molecule has 0 fully saturated rings. The van der Waals surface area contributed by atoms with Gasteiger partial charge in [-0.1, -0.05) is 26.0 Å². The topological polar surface area (TPSA) is 72.2 Å². The first-order valence-corrected chi connectivity index (χ1v) is 9.28. The fourth-order valence-electron chi connectivity index (χ4n) is 3.26. The lowest BCUT2D eigenvalue weighted by molar-refractivity contribution is 0.263. The number of imidazole rings is 1. The first-order chi connectivity index (χ1) is 12.9. The molecular weight excluding hydrogens is 340 g/mol. The molecule has 1 aromatic carbocycles. The highest BCUT2D eigenvalue weighted by Gasteiger charge is 2.19. The number of aromatic nitrogens is 3. The van der Waals surface area contributed by atoms with Gasteiger partial charge in [-0.05, 0) is 43.0 Å². The van der Waals surface area contributed by atoms with Crippen molar-refractivity contribution in [2.24, 2.45) is 5.92 Å². The van der Waals surface area contributed by atoms with Crippen LogP contribution in [0.1, 0.15) is 36.5 Å². The minimum atomic E-state index is -0.0855. The van der Waals surface area contributed by atoms with Crippen molar-refractivity contribution in [1.29, 1.82) is 0 Å². The second-order valence-corrected chi connectivity index (χ2v) is 7.26. The molecule has 0 aliphatic heterocycles. The van der Waals surface area contributed by atoms with Gasteiger partial charge in [0.15, 0.2) is 5.82 Å². The van der Waals surface area contributed by atoms with E-state index < -0.39 is 0 Å². The van der Waals surface area contributed by atoms with Crippen LogP contribution >= 0.6 is 0 Å². The highest BCUT2D eigenvalue weighted by molar-refractivity contribution is 5.89. The molecule has 144 valence electrons. The maximum atomic E-state index is 9.80. The van der Waals surface area contributed by atoms with E-state index in [1.807, 2.05) is 31.2 Å². The smallest absolute Gasteiger partial charge is 0.154 e. The number of ether oxygens (including phenoxy) is 1. The summed E-state index contributed by atoms with van der Waals surface area (Å²) >= 11 is 0. The molecule has 2 heterocycles. The quantitative estimate of drug-likeness (QED) is 0.663. The number of aliphatic hydroxyl groups excluding tert-OH is 1. The number of hydrogen-bond acceptors (Lipinski definition) is 5. The predicted octanol–water partition coefficient (Wildman–Crippen LogP) is 3.82. The van der Waals surface area contributed by atoms with E-state index in [2.05, 4.69) is 30.7 Å². The maximum absolute atomic E-state index is 9.80. The third-order valence-corrected chi connectivity index (χ3v) is 4.76. The Labute approximate surface area is 160 Å². The van der Waals surface area contributed by atoms with Gasteiger partial charge in [-0.3, -0.25) is 0 Å². The van der Waals surface area contributed by atoms with Crippen LogP contribution in [0, 0.1) is 19.8 Å². The van der Waals surface area contributed by atoms with E-state index in [4.69, 9.17) is 14.7 Å². The van der Waals surface area contributed by atoms with E-state index in [9.17, 15) is 5.11 Å². The van der Waals surface area contributed by atoms with Crippen molar-refractivity contribution in [1.82, 2.24) is 14.5 Å². The third kappa shape index (κ3) is 3.90. The van der Waals surface area contributed by atoms with Gasteiger partial charge in [0, 0.05) is 18.8 Å². The number of aliphatic hydroxyl groups is 1. The summed E-state index contributed by atoms with van der Waals surface area (Å²) in [5.74, 6) is 2.73. The maximum Gasteiger partial charge on any atom is 0.154 e. The van der Waals surface area contributed by atoms with E-state index in [0.717, 1.165) is 46.0 Å². The molecule has 27 heavy (non-hydrogen) atoms. The Bertz CT molecular complexity index is 930. The summed E-state index contributed by atoms with van der Waals surface area (Å²) in [5.41, 5.74) is 5.07. The fourth-order valence-corrected chi connectivity index (χ4v) is 3.26. The largest absolute Gasteiger partial charge is 0.497 e. The Morgan fingerprint density at radius 2 is 1.85 bits per heavy atom. The molecule has 0 aliphatic rings. The first-order valence-electron chi connectivity index (χ1n) is 9.28. The molecule has 2 N–H and O–H groups in total. The van der Waals surface area contributed by atoms with Gasteiger partial charge in [-0.2, -0.15) is 0 Å². The van der Waals surface area contributed by atoms with Gasteiger partial charge in [-0.15, -0.1) is 0 Å². The van der Waals surface area contributed by atoms with E-state index in [1.54, 1.807) is 7.11 Å². The lowest BCUT2D eigenvalue weighted by Gasteiger charge is -2.14. The van der Waals surface area contributed by atoms with Crippen LogP contribution in [0.4, 0.5) is 5.82 Å². The molecular formula is C21H28N4O2. The fraction of sp³-hybridized carbons (Fsp3) is 0.429. The number of fused-ring (bicyclic) bond motifs is 1. The summed E-state index contributed by atoms with van der Waals surface area (Å²) in [6.07, 6.45) is 0. The number of hydrogen-bond donors (Lipinski definition) is 2. The lowest BCUT2D eigenvalue weighted by atomic mass is 10.1. The van der Waals surface area contributed by atoms with Crippen LogP contribution in [0.5, 0.6) is 5.75 Å². The van der Waals surface area contributed by atoms with Crippen LogP contribution in [0.25, 0.3) is 11.0 Å². The minimum Gasteiger partial charge on any atom is -0.497 e. The zero-order valence-corrected chi connectivity index (χ0v) is 16.7. The summed E-state index contributed by atoms with van der Waals surface area (Å²) < 4.78 is 7.34. The SMILES string of the molecule is COc1ccc(CNc2nc(C)c(C)c3c2nc(CO)n3CC(C)C)cc1. The number of pyridine rings is 1. The van der Waals surface area contributed by atoms with Crippen LogP contribution in [-0.4, -0.2) is 26.8 Å². The van der Waals surface area contributed by atoms with Gasteiger partial charge in [0.2, 0.25) is 0 Å². The molecule has 0 atom stereocenters. The third-order valence-electron chi connectivity index (χ3n) is 4.76. The van der Waals surface area contributed by atoms with Crippen LogP contribution in [0.15, 0.2) is 24.3 Å². The molecule has 0 bridgehead atoms. The summed E-state index contributed by atoms with van der Waals surface area (Å²) in [7, 11) is 1.66. The van der Waals surface area contributed by atoms with Gasteiger partial charge >= 0.3 is 0 Å². The van der Waals surface area contributed by atoms with E-state index >= 15 is 0 Å². The van der Waals surface area contributed by atoms with Crippen molar-refractivity contribution in [2.75, 3.05) is 12.4 Å². The molecule has 0 aliphatic carbocycles. The second kappa shape index (κ2) is 7.96. The molecule has 0 saturated carbocycles. The first kappa shape index (κ1) is 19.2. The summed E-state index contributed by atoms with van der Waals surface area (Å²) in [4.78, 5) is 9.42. The molecule has 0 amide bonds. The summed E-state index contributed by atoms with van der Waals surface area (Å²) in [6.45, 7) is 9.78. The van der Waals surface area contributed by atoms with Crippen molar-refractivity contribution >= 4 is 16.9 Å². The van der Waals surface area contributed by atoms with Gasteiger partial charge in [0.1, 0.15) is 23.7 Å². The standard InChI is InChI=1S/C21H28N4O2/c1-13(2)11-25-18(12-26)24-19-20(25)14(3)15(4)23-21(19)22-10-16-6-8-17(27-5)9-7-16/h6-9,13,26H,10-12H2,1-5H3,(H,22,23). The van der Waals surface area contributed by atoms with E-state index in [-0.39, 0.29) is 6.61 Å². The highest BCUT2D eigenvalue weighted by atomic mass is 16.5. The predicted molar refractivity (Wildman–Crippen MR) is 108 cm³/mol. The summed E-state index contributed by atoms with van der Waals surface area (Å²) in [5, 5.41) is 13.2. The number of anilines is 1. The van der Waals surface area contributed by atoms with Crippen LogP contribution in [-0.2, 0) is 19.7 Å². The Morgan fingerprint density at radius 3 is 2.44 bits per heavy atom. The summed E-state index contributed by atoms with van der Waals surface area (Å²) in [6, 6.07) is 7.95. The molecule has 3 aromatic rings. The molecule has 0 unspecified atom stereocenters. The Balaban J connectivity index is 1.99. The van der Waals surface area contributed by atoms with E-state index in [0.29, 0.717) is 18.3 Å². The zero-order valence-electron chi connectivity index (χ0n) is 16.7. The van der Waals surface area contributed by atoms with Crippen molar-refractivity contribution < 1.29 is 9.84 Å². The second-order valence-electron chi connectivity index (χ2n) is 7.26. The van der Waals surface area contributed by atoms with Crippen molar-refractivity contribution in [3.8, 4) is 5.75 Å².